The van der Waals surface area contributed by atoms with Crippen molar-refractivity contribution in [3.05, 3.63) is 47.1 Å². The predicted molar refractivity (Wildman–Crippen MR) is 66.8 cm³/mol. The van der Waals surface area contributed by atoms with Crippen molar-refractivity contribution in [3.8, 4) is 6.07 Å². The Labute approximate surface area is 106 Å². The zero-order chi connectivity index (χ0) is 12.8. The van der Waals surface area contributed by atoms with E-state index in [0.717, 1.165) is 6.42 Å². The van der Waals surface area contributed by atoms with Crippen molar-refractivity contribution in [1.29, 1.82) is 5.26 Å². The number of hydrogen-bond acceptors (Lipinski definition) is 4. The van der Waals surface area contributed by atoms with Gasteiger partial charge in [0.1, 0.15) is 0 Å². The number of nitrogens with zero attached hydrogens (tertiary/aromatic N) is 3. The van der Waals surface area contributed by atoms with E-state index in [0.29, 0.717) is 31.0 Å². The van der Waals surface area contributed by atoms with Gasteiger partial charge in [0.15, 0.2) is 5.82 Å². The van der Waals surface area contributed by atoms with E-state index in [-0.39, 0.29) is 0 Å². The highest BCUT2D eigenvalue weighted by atomic mass is 16.5. The Morgan fingerprint density at radius 3 is 2.78 bits per heavy atom. The maximum absolute atomic E-state index is 8.45. The molecular formula is C14H15N3O. The summed E-state index contributed by atoms with van der Waals surface area (Å²) < 4.78 is 5.14. The van der Waals surface area contributed by atoms with Crippen molar-refractivity contribution in [3.63, 3.8) is 0 Å². The van der Waals surface area contributed by atoms with Crippen LogP contribution in [0.3, 0.4) is 0 Å². The van der Waals surface area contributed by atoms with Gasteiger partial charge in [0.05, 0.1) is 6.07 Å². The molecule has 0 saturated heterocycles. The Morgan fingerprint density at radius 2 is 2.06 bits per heavy atom. The largest absolute Gasteiger partial charge is 0.339 e. The zero-order valence-electron chi connectivity index (χ0n) is 10.4. The van der Waals surface area contributed by atoms with E-state index < -0.39 is 0 Å². The second kappa shape index (κ2) is 5.97. The van der Waals surface area contributed by atoms with Gasteiger partial charge in [-0.15, -0.1) is 0 Å². The van der Waals surface area contributed by atoms with Crippen LogP contribution in [0.1, 0.15) is 35.7 Å². The van der Waals surface area contributed by atoms with E-state index in [9.17, 15) is 0 Å². The maximum atomic E-state index is 8.45. The van der Waals surface area contributed by atoms with Crippen LogP contribution >= 0.6 is 0 Å². The number of hydrogen-bond donors (Lipinski definition) is 0. The molecule has 1 aromatic heterocycles. The molecule has 2 aromatic rings. The topological polar surface area (TPSA) is 62.7 Å². The van der Waals surface area contributed by atoms with Crippen molar-refractivity contribution >= 4 is 0 Å². The predicted octanol–water partition coefficient (Wildman–Crippen LogP) is 2.82. The number of rotatable bonds is 5. The lowest BCUT2D eigenvalue weighted by Crippen LogP contribution is -1.92. The Morgan fingerprint density at radius 1 is 1.28 bits per heavy atom. The van der Waals surface area contributed by atoms with Gasteiger partial charge in [-0.1, -0.05) is 35.0 Å². The molecule has 0 unspecified atom stereocenters. The van der Waals surface area contributed by atoms with Crippen LogP contribution in [0.15, 0.2) is 28.8 Å². The number of unbranched alkanes of at least 4 members (excludes halogenated alkanes) is 1. The lowest BCUT2D eigenvalue weighted by Gasteiger charge is -1.97. The summed E-state index contributed by atoms with van der Waals surface area (Å²) in [5.74, 6) is 1.32. The van der Waals surface area contributed by atoms with Crippen LogP contribution < -0.4 is 0 Å². The number of aryl methyl sites for hydroxylation is 2. The highest BCUT2D eigenvalue weighted by Crippen LogP contribution is 2.09. The van der Waals surface area contributed by atoms with Crippen LogP contribution in [0.2, 0.25) is 0 Å². The second-order valence-electron chi connectivity index (χ2n) is 4.28. The van der Waals surface area contributed by atoms with E-state index in [1.165, 1.54) is 11.1 Å². The molecule has 0 aliphatic heterocycles. The van der Waals surface area contributed by atoms with Crippen molar-refractivity contribution < 1.29 is 4.52 Å². The summed E-state index contributed by atoms with van der Waals surface area (Å²) in [5, 5.41) is 12.4. The summed E-state index contributed by atoms with van der Waals surface area (Å²) in [4.78, 5) is 4.31. The van der Waals surface area contributed by atoms with E-state index in [1.54, 1.807) is 0 Å². The minimum Gasteiger partial charge on any atom is -0.339 e. The summed E-state index contributed by atoms with van der Waals surface area (Å²) in [7, 11) is 0. The van der Waals surface area contributed by atoms with Crippen molar-refractivity contribution in [2.45, 2.75) is 32.6 Å². The molecule has 0 saturated carbocycles. The Kier molecular flexibility index (Phi) is 4.08. The first-order chi connectivity index (χ1) is 8.78. The molecule has 0 fully saturated rings. The summed E-state index contributed by atoms with van der Waals surface area (Å²) in [6.45, 7) is 2.06. The molecule has 0 atom stereocenters. The third-order valence-corrected chi connectivity index (χ3v) is 2.67. The molecule has 2 rings (SSSR count). The molecule has 1 heterocycles. The maximum Gasteiger partial charge on any atom is 0.226 e. The number of aromatic nitrogens is 2. The highest BCUT2D eigenvalue weighted by molar-refractivity contribution is 5.23. The highest BCUT2D eigenvalue weighted by Gasteiger charge is 2.06. The normalized spacial score (nSPS) is 10.2. The molecule has 1 aromatic carbocycles. The van der Waals surface area contributed by atoms with Crippen molar-refractivity contribution in [2.75, 3.05) is 0 Å². The molecule has 0 N–H and O–H groups in total. The van der Waals surface area contributed by atoms with Crippen LogP contribution in [-0.4, -0.2) is 10.1 Å². The van der Waals surface area contributed by atoms with Gasteiger partial charge in [-0.25, -0.2) is 0 Å². The fraction of sp³-hybridized carbons (Fsp3) is 0.357. The van der Waals surface area contributed by atoms with Gasteiger partial charge in [-0.05, 0) is 18.9 Å². The third-order valence-electron chi connectivity index (χ3n) is 2.67. The molecular weight excluding hydrogens is 226 g/mol. The molecule has 0 amide bonds. The first-order valence-electron chi connectivity index (χ1n) is 6.02. The van der Waals surface area contributed by atoms with Crippen molar-refractivity contribution in [2.24, 2.45) is 0 Å². The van der Waals surface area contributed by atoms with Crippen LogP contribution in [0.25, 0.3) is 0 Å². The average molecular weight is 241 g/mol. The van der Waals surface area contributed by atoms with Gasteiger partial charge in [0.25, 0.3) is 0 Å². The fourth-order valence-electron chi connectivity index (χ4n) is 1.67. The molecule has 0 spiro atoms. The van der Waals surface area contributed by atoms with Crippen LogP contribution in [0, 0.1) is 18.3 Å². The van der Waals surface area contributed by atoms with Gasteiger partial charge in [-0.2, -0.15) is 10.2 Å². The zero-order valence-corrected chi connectivity index (χ0v) is 10.4. The van der Waals surface area contributed by atoms with Crippen molar-refractivity contribution in [1.82, 2.24) is 10.1 Å². The average Bonchev–Trinajstić information content (AvgIpc) is 2.80. The number of benzene rings is 1. The summed E-state index contributed by atoms with van der Waals surface area (Å²) in [5.41, 5.74) is 2.41. The molecule has 92 valence electrons. The monoisotopic (exact) mass is 241 g/mol. The molecule has 0 aliphatic carbocycles. The molecule has 0 bridgehead atoms. The van der Waals surface area contributed by atoms with E-state index >= 15 is 0 Å². The Bertz CT molecular complexity index is 537. The minimum absolute atomic E-state index is 0.523. The molecule has 4 heteroatoms. The van der Waals surface area contributed by atoms with Gasteiger partial charge >= 0.3 is 0 Å². The van der Waals surface area contributed by atoms with E-state index in [1.807, 2.05) is 0 Å². The van der Waals surface area contributed by atoms with Crippen LogP contribution in [0.5, 0.6) is 0 Å². The van der Waals surface area contributed by atoms with Gasteiger partial charge in [0, 0.05) is 19.3 Å². The van der Waals surface area contributed by atoms with Gasteiger partial charge < -0.3 is 4.52 Å². The summed E-state index contributed by atoms with van der Waals surface area (Å²) in [6.07, 6.45) is 2.65. The SMILES string of the molecule is Cc1ccc(Cc2noc(CCCC#N)n2)cc1. The third kappa shape index (κ3) is 3.42. The van der Waals surface area contributed by atoms with Gasteiger partial charge in [-0.3, -0.25) is 0 Å². The van der Waals surface area contributed by atoms with E-state index in [2.05, 4.69) is 47.4 Å². The molecule has 0 radical (unpaired) electrons. The molecule has 4 nitrogen and oxygen atoms in total. The first-order valence-corrected chi connectivity index (χ1v) is 6.02. The standard InChI is InChI=1S/C14H15N3O/c1-11-5-7-12(8-6-11)10-13-16-14(18-17-13)4-2-3-9-15/h5-8H,2-4,10H2,1H3. The summed E-state index contributed by atoms with van der Waals surface area (Å²) >= 11 is 0. The van der Waals surface area contributed by atoms with Crippen LogP contribution in [-0.2, 0) is 12.8 Å². The lowest BCUT2D eigenvalue weighted by molar-refractivity contribution is 0.371. The lowest BCUT2D eigenvalue weighted by atomic mass is 10.1. The first kappa shape index (κ1) is 12.3. The summed E-state index contributed by atoms with van der Waals surface area (Å²) in [6, 6.07) is 10.4. The Balaban J connectivity index is 1.94. The molecule has 0 aliphatic rings. The van der Waals surface area contributed by atoms with Crippen LogP contribution in [0.4, 0.5) is 0 Å². The van der Waals surface area contributed by atoms with E-state index in [4.69, 9.17) is 9.78 Å². The minimum atomic E-state index is 0.523. The second-order valence-corrected chi connectivity index (χ2v) is 4.28. The quantitative estimate of drug-likeness (QED) is 0.755. The number of nitriles is 1. The fourth-order valence-corrected chi connectivity index (χ4v) is 1.67. The van der Waals surface area contributed by atoms with Gasteiger partial charge in [0.2, 0.25) is 5.89 Å². The Hall–Kier alpha value is -2.15. The molecule has 18 heavy (non-hydrogen) atoms. The smallest absolute Gasteiger partial charge is 0.226 e.